The van der Waals surface area contributed by atoms with E-state index in [4.69, 9.17) is 0 Å². The van der Waals surface area contributed by atoms with Gasteiger partial charge in [-0.2, -0.15) is 0 Å². The summed E-state index contributed by atoms with van der Waals surface area (Å²) in [4.78, 5) is 26.4. The Hall–Kier alpha value is -0.960. The number of hydrogen-bond donors (Lipinski definition) is 2. The van der Waals surface area contributed by atoms with Crippen LogP contribution < -0.4 is 0 Å². The average Bonchev–Trinajstić information content (AvgIpc) is 2.83. The minimum Gasteiger partial charge on any atom is -0.392 e. The number of rotatable bonds is 1. The molecule has 8 heteroatoms. The van der Waals surface area contributed by atoms with E-state index < -0.39 is 28.5 Å². The summed E-state index contributed by atoms with van der Waals surface area (Å²) in [6.45, 7) is -0.435. The smallest absolute Gasteiger partial charge is 0.264 e. The number of likely N-dealkylation sites (N-methyl/N-ethyl adjacent to an activating group) is 1. The Balaban J connectivity index is 1.90. The maximum Gasteiger partial charge on any atom is 0.264 e. The predicted molar refractivity (Wildman–Crippen MR) is 79.0 cm³/mol. The van der Waals surface area contributed by atoms with Crippen LogP contribution >= 0.6 is 21.6 Å². The van der Waals surface area contributed by atoms with Crippen molar-refractivity contribution in [3.05, 3.63) is 23.8 Å². The summed E-state index contributed by atoms with van der Waals surface area (Å²) in [5.41, 5.74) is 0.892. The van der Waals surface area contributed by atoms with Crippen LogP contribution in [0.2, 0.25) is 0 Å². The zero-order chi connectivity index (χ0) is 15.0. The van der Waals surface area contributed by atoms with E-state index in [0.717, 1.165) is 5.57 Å². The molecule has 0 aromatic heterocycles. The van der Waals surface area contributed by atoms with E-state index in [0.29, 0.717) is 6.42 Å². The van der Waals surface area contributed by atoms with E-state index in [1.165, 1.54) is 31.4 Å². The standard InChI is InChI=1S/C13H14N2O4S2/c1-14-10(18)12-5-7-3-2-4-8(17)9(7)15(12)11(19)13(14,6-16)21-20-12/h2-4,8-9,16-17H,5-6H2,1H3/t8-,9-,12+,13+/m1/s1. The third-order valence-electron chi connectivity index (χ3n) is 4.70. The molecule has 112 valence electrons. The van der Waals surface area contributed by atoms with Gasteiger partial charge in [-0.3, -0.25) is 9.59 Å². The fraction of sp³-hybridized carbons (Fsp3) is 0.538. The molecule has 0 saturated carbocycles. The number of fused-ring (bicyclic) bond motifs is 3. The van der Waals surface area contributed by atoms with Crippen molar-refractivity contribution in [1.82, 2.24) is 9.80 Å². The second-order valence-corrected chi connectivity index (χ2v) is 8.36. The molecule has 6 nitrogen and oxygen atoms in total. The minimum atomic E-state index is -1.28. The molecule has 4 saturated heterocycles. The summed E-state index contributed by atoms with van der Waals surface area (Å²) in [5, 5.41) is 20.0. The fourth-order valence-corrected chi connectivity index (χ4v) is 7.12. The molecule has 0 aromatic rings. The largest absolute Gasteiger partial charge is 0.392 e. The second-order valence-electron chi connectivity index (χ2n) is 5.67. The van der Waals surface area contributed by atoms with Crippen LogP contribution in [0.5, 0.6) is 0 Å². The highest BCUT2D eigenvalue weighted by Crippen LogP contribution is 2.64. The lowest BCUT2D eigenvalue weighted by Crippen LogP contribution is -2.77. The molecule has 2 N–H and O–H groups in total. The highest BCUT2D eigenvalue weighted by atomic mass is 33.1. The molecular weight excluding hydrogens is 312 g/mol. The zero-order valence-corrected chi connectivity index (χ0v) is 12.9. The first kappa shape index (κ1) is 13.7. The van der Waals surface area contributed by atoms with Crippen molar-refractivity contribution >= 4 is 33.4 Å². The van der Waals surface area contributed by atoms with Crippen molar-refractivity contribution in [2.24, 2.45) is 0 Å². The van der Waals surface area contributed by atoms with E-state index in [2.05, 4.69) is 0 Å². The van der Waals surface area contributed by atoms with Gasteiger partial charge < -0.3 is 20.0 Å². The number of hydrogen-bond acceptors (Lipinski definition) is 6. The summed E-state index contributed by atoms with van der Waals surface area (Å²) in [7, 11) is 4.14. The Labute approximate surface area is 129 Å². The average molecular weight is 326 g/mol. The lowest BCUT2D eigenvalue weighted by molar-refractivity contribution is -0.168. The molecule has 2 bridgehead atoms. The highest BCUT2D eigenvalue weighted by Gasteiger charge is 2.73. The first-order valence-electron chi connectivity index (χ1n) is 6.63. The van der Waals surface area contributed by atoms with Gasteiger partial charge in [0.25, 0.3) is 11.8 Å². The van der Waals surface area contributed by atoms with E-state index in [-0.39, 0.29) is 11.8 Å². The van der Waals surface area contributed by atoms with Crippen LogP contribution in [0, 0.1) is 0 Å². The van der Waals surface area contributed by atoms with Crippen LogP contribution in [0.3, 0.4) is 0 Å². The highest BCUT2D eigenvalue weighted by molar-refractivity contribution is 8.78. The molecule has 4 heterocycles. The number of nitrogens with zero attached hydrogens (tertiary/aromatic N) is 2. The molecule has 0 aromatic carbocycles. The van der Waals surface area contributed by atoms with Gasteiger partial charge in [-0.25, -0.2) is 0 Å². The van der Waals surface area contributed by atoms with Crippen molar-refractivity contribution in [3.8, 4) is 0 Å². The van der Waals surface area contributed by atoms with Crippen LogP contribution in [0.1, 0.15) is 6.42 Å². The molecule has 21 heavy (non-hydrogen) atoms. The number of aliphatic hydroxyl groups is 2. The van der Waals surface area contributed by atoms with Gasteiger partial charge in [-0.05, 0) is 16.4 Å². The molecule has 5 rings (SSSR count). The Morgan fingerprint density at radius 3 is 2.86 bits per heavy atom. The number of allylic oxidation sites excluding steroid dienone is 2. The van der Waals surface area contributed by atoms with E-state index in [1.807, 2.05) is 6.08 Å². The molecule has 0 radical (unpaired) electrons. The summed E-state index contributed by atoms with van der Waals surface area (Å²) in [5.74, 6) is -0.471. The molecule has 5 aliphatic rings. The lowest BCUT2D eigenvalue weighted by atomic mass is 9.97. The van der Waals surface area contributed by atoms with Gasteiger partial charge in [-0.15, -0.1) is 0 Å². The first-order valence-corrected chi connectivity index (χ1v) is 8.78. The molecule has 4 fully saturated rings. The Morgan fingerprint density at radius 1 is 1.38 bits per heavy atom. The summed E-state index contributed by atoms with van der Waals surface area (Å²) in [6, 6.07) is -0.500. The van der Waals surface area contributed by atoms with Crippen molar-refractivity contribution in [2.75, 3.05) is 13.7 Å². The van der Waals surface area contributed by atoms with Crippen molar-refractivity contribution in [3.63, 3.8) is 0 Å². The third-order valence-corrected chi connectivity index (χ3v) is 8.33. The Kier molecular flexibility index (Phi) is 2.65. The molecule has 0 unspecified atom stereocenters. The number of piperazine rings is 1. The van der Waals surface area contributed by atoms with Gasteiger partial charge in [0.15, 0.2) is 4.87 Å². The maximum absolute atomic E-state index is 12.9. The molecule has 4 atom stereocenters. The SMILES string of the molecule is CN1C(=O)[C@@]23CC4=CC=C[C@@H](O)[C@@H]4N2C(=O)[C@]1(CO)SS3. The summed E-state index contributed by atoms with van der Waals surface area (Å²) in [6.07, 6.45) is 4.87. The van der Waals surface area contributed by atoms with Gasteiger partial charge in [0.2, 0.25) is 4.87 Å². The molecular formula is C13H14N2O4S2. The van der Waals surface area contributed by atoms with Crippen LogP contribution in [0.15, 0.2) is 23.8 Å². The number of aliphatic hydroxyl groups excluding tert-OH is 2. The van der Waals surface area contributed by atoms with E-state index >= 15 is 0 Å². The van der Waals surface area contributed by atoms with Crippen LogP contribution in [-0.4, -0.2) is 67.4 Å². The minimum absolute atomic E-state index is 0.178. The predicted octanol–water partition coefficient (Wildman–Crippen LogP) is -0.304. The number of carbonyl (C=O) groups is 2. The van der Waals surface area contributed by atoms with Gasteiger partial charge in [0.1, 0.15) is 0 Å². The monoisotopic (exact) mass is 326 g/mol. The lowest BCUT2D eigenvalue weighted by Gasteiger charge is -2.58. The first-order chi connectivity index (χ1) is 9.98. The number of amides is 2. The quantitative estimate of drug-likeness (QED) is 0.644. The topological polar surface area (TPSA) is 81.1 Å². The Bertz CT molecular complexity index is 621. The Morgan fingerprint density at radius 2 is 2.14 bits per heavy atom. The van der Waals surface area contributed by atoms with Crippen LogP contribution in [-0.2, 0) is 9.59 Å². The number of carbonyl (C=O) groups excluding carboxylic acids is 2. The fourth-order valence-electron chi connectivity index (χ4n) is 3.55. The van der Waals surface area contributed by atoms with E-state index in [9.17, 15) is 19.8 Å². The van der Waals surface area contributed by atoms with Gasteiger partial charge in [0.05, 0.1) is 18.8 Å². The molecule has 2 amide bonds. The summed E-state index contributed by atoms with van der Waals surface area (Å²) < 4.78 is 0. The van der Waals surface area contributed by atoms with Crippen LogP contribution in [0.4, 0.5) is 0 Å². The van der Waals surface area contributed by atoms with Gasteiger partial charge >= 0.3 is 0 Å². The van der Waals surface area contributed by atoms with Crippen molar-refractivity contribution in [2.45, 2.75) is 28.3 Å². The van der Waals surface area contributed by atoms with Crippen molar-refractivity contribution in [1.29, 1.82) is 0 Å². The maximum atomic E-state index is 12.9. The third kappa shape index (κ3) is 1.35. The molecule has 1 spiro atoms. The second kappa shape index (κ2) is 4.07. The zero-order valence-electron chi connectivity index (χ0n) is 11.2. The molecule has 1 aliphatic carbocycles. The van der Waals surface area contributed by atoms with Crippen molar-refractivity contribution < 1.29 is 19.8 Å². The molecule has 4 aliphatic heterocycles. The van der Waals surface area contributed by atoms with E-state index in [1.54, 1.807) is 19.2 Å². The van der Waals surface area contributed by atoms with Crippen LogP contribution in [0.25, 0.3) is 0 Å². The summed E-state index contributed by atoms with van der Waals surface area (Å²) >= 11 is 0. The van der Waals surface area contributed by atoms with Gasteiger partial charge in [-0.1, -0.05) is 29.0 Å². The van der Waals surface area contributed by atoms with Gasteiger partial charge in [0, 0.05) is 13.5 Å². The normalized spacial score (nSPS) is 44.0.